The minimum absolute atomic E-state index is 0.0262. The van der Waals surface area contributed by atoms with Gasteiger partial charge in [-0.15, -0.1) is 0 Å². The van der Waals surface area contributed by atoms with Crippen LogP contribution in [0.3, 0.4) is 0 Å². The highest BCUT2D eigenvalue weighted by molar-refractivity contribution is 6.51. The van der Waals surface area contributed by atoms with E-state index in [0.717, 1.165) is 0 Å². The molecule has 1 aliphatic rings. The van der Waals surface area contributed by atoms with E-state index >= 15 is 0 Å². The van der Waals surface area contributed by atoms with Crippen molar-refractivity contribution in [2.24, 2.45) is 0 Å². The summed E-state index contributed by atoms with van der Waals surface area (Å²) in [4.78, 5) is 31.4. The summed E-state index contributed by atoms with van der Waals surface area (Å²) < 4.78 is 5.31. The van der Waals surface area contributed by atoms with Gasteiger partial charge in [-0.2, -0.15) is 0 Å². The Morgan fingerprint density at radius 3 is 2.52 bits per heavy atom. The van der Waals surface area contributed by atoms with E-state index < -0.39 is 17.7 Å². The Labute approximate surface area is 167 Å². The number of aliphatic hydroxyl groups excluding tert-OH is 1. The highest BCUT2D eigenvalue weighted by Gasteiger charge is 2.47. The molecule has 29 heavy (non-hydrogen) atoms. The second kappa shape index (κ2) is 7.59. The van der Waals surface area contributed by atoms with Crippen molar-refractivity contribution in [2.45, 2.75) is 6.04 Å². The van der Waals surface area contributed by atoms with Crippen LogP contribution in [-0.4, -0.2) is 28.9 Å². The second-order valence-corrected chi connectivity index (χ2v) is 6.52. The van der Waals surface area contributed by atoms with Gasteiger partial charge in [0, 0.05) is 11.8 Å². The monoisotopic (exact) mass is 386 g/mol. The van der Waals surface area contributed by atoms with Crippen molar-refractivity contribution in [2.75, 3.05) is 12.0 Å². The van der Waals surface area contributed by atoms with Crippen LogP contribution in [0.4, 0.5) is 5.69 Å². The molecule has 0 bridgehead atoms. The molecular weight excluding hydrogens is 368 g/mol. The van der Waals surface area contributed by atoms with Crippen molar-refractivity contribution in [3.8, 4) is 5.75 Å². The number of aliphatic hydroxyl groups is 1. The standard InChI is InChI=1S/C23H18N2O4/c1-29-18-11-5-9-16(13-18)20-19(21(26)15-7-3-2-4-8-15)22(27)23(28)25(20)17-10-6-12-24-14-17/h2-14,20,26H,1H3/t20-/m1/s1. The average Bonchev–Trinajstić information content (AvgIpc) is 3.05. The number of hydrogen-bond donors (Lipinski definition) is 1. The van der Waals surface area contributed by atoms with Crippen LogP contribution in [0, 0.1) is 0 Å². The number of carbonyl (C=O) groups is 2. The summed E-state index contributed by atoms with van der Waals surface area (Å²) >= 11 is 0. The van der Waals surface area contributed by atoms with Gasteiger partial charge < -0.3 is 9.84 Å². The van der Waals surface area contributed by atoms with Gasteiger partial charge in [0.2, 0.25) is 0 Å². The molecule has 144 valence electrons. The molecule has 2 heterocycles. The molecular formula is C23H18N2O4. The summed E-state index contributed by atoms with van der Waals surface area (Å²) in [5.74, 6) is -1.10. The van der Waals surface area contributed by atoms with Gasteiger partial charge in [-0.1, -0.05) is 42.5 Å². The number of aromatic nitrogens is 1. The SMILES string of the molecule is COc1cccc([C@@H]2C(=C(O)c3ccccc3)C(=O)C(=O)N2c2cccnc2)c1. The molecule has 1 aromatic heterocycles. The Morgan fingerprint density at radius 1 is 1.03 bits per heavy atom. The highest BCUT2D eigenvalue weighted by Crippen LogP contribution is 2.42. The van der Waals surface area contributed by atoms with Crippen molar-refractivity contribution in [3.05, 3.63) is 95.8 Å². The number of nitrogens with zero attached hydrogens (tertiary/aromatic N) is 2. The number of methoxy groups -OCH3 is 1. The van der Waals surface area contributed by atoms with E-state index in [0.29, 0.717) is 22.6 Å². The van der Waals surface area contributed by atoms with Gasteiger partial charge in [-0.25, -0.2) is 0 Å². The number of carbonyl (C=O) groups excluding carboxylic acids is 2. The summed E-state index contributed by atoms with van der Waals surface area (Å²) in [6, 6.07) is 18.4. The molecule has 1 amide bonds. The zero-order chi connectivity index (χ0) is 20.4. The topological polar surface area (TPSA) is 79.7 Å². The first-order valence-corrected chi connectivity index (χ1v) is 9.02. The highest BCUT2D eigenvalue weighted by atomic mass is 16.5. The number of benzene rings is 2. The molecule has 0 saturated carbocycles. The lowest BCUT2D eigenvalue weighted by Gasteiger charge is -2.25. The van der Waals surface area contributed by atoms with Gasteiger partial charge >= 0.3 is 0 Å². The summed E-state index contributed by atoms with van der Waals surface area (Å²) in [6.07, 6.45) is 3.10. The van der Waals surface area contributed by atoms with Crippen LogP contribution in [-0.2, 0) is 9.59 Å². The number of Topliss-reactive ketones (excluding diaryl/α,β-unsaturated/α-hetero) is 1. The predicted octanol–water partition coefficient (Wildman–Crippen LogP) is 3.72. The van der Waals surface area contributed by atoms with Crippen LogP contribution in [0.15, 0.2) is 84.7 Å². The molecule has 6 heteroatoms. The number of ketones is 1. The second-order valence-electron chi connectivity index (χ2n) is 6.52. The Kier molecular flexibility index (Phi) is 4.83. The van der Waals surface area contributed by atoms with Crippen LogP contribution in [0.2, 0.25) is 0 Å². The van der Waals surface area contributed by atoms with E-state index in [1.165, 1.54) is 11.1 Å². The smallest absolute Gasteiger partial charge is 0.300 e. The van der Waals surface area contributed by atoms with E-state index in [2.05, 4.69) is 4.98 Å². The molecule has 3 aromatic rings. The van der Waals surface area contributed by atoms with Crippen molar-refractivity contribution < 1.29 is 19.4 Å². The molecule has 1 atom stereocenters. The third-order valence-electron chi connectivity index (χ3n) is 4.83. The zero-order valence-electron chi connectivity index (χ0n) is 15.6. The molecule has 1 N–H and O–H groups in total. The van der Waals surface area contributed by atoms with Crippen LogP contribution < -0.4 is 9.64 Å². The van der Waals surface area contributed by atoms with Crippen molar-refractivity contribution in [1.29, 1.82) is 0 Å². The fourth-order valence-electron chi connectivity index (χ4n) is 3.47. The maximum absolute atomic E-state index is 13.0. The molecule has 0 aliphatic carbocycles. The van der Waals surface area contributed by atoms with Gasteiger partial charge in [0.15, 0.2) is 0 Å². The van der Waals surface area contributed by atoms with Gasteiger partial charge in [-0.05, 0) is 29.8 Å². The fraction of sp³-hybridized carbons (Fsp3) is 0.0870. The molecule has 1 aliphatic heterocycles. The summed E-state index contributed by atoms with van der Waals surface area (Å²) in [5.41, 5.74) is 1.60. The normalized spacial score (nSPS) is 18.1. The lowest BCUT2D eigenvalue weighted by Crippen LogP contribution is -2.29. The molecule has 2 aromatic carbocycles. The summed E-state index contributed by atoms with van der Waals surface area (Å²) in [7, 11) is 1.54. The molecule has 1 saturated heterocycles. The van der Waals surface area contributed by atoms with E-state index in [9.17, 15) is 14.7 Å². The minimum Gasteiger partial charge on any atom is -0.507 e. The van der Waals surface area contributed by atoms with E-state index in [4.69, 9.17) is 4.74 Å². The molecule has 0 radical (unpaired) electrons. The number of hydrogen-bond acceptors (Lipinski definition) is 5. The molecule has 1 fully saturated rings. The average molecular weight is 386 g/mol. The Balaban J connectivity index is 1.96. The van der Waals surface area contributed by atoms with E-state index in [-0.39, 0.29) is 11.3 Å². The zero-order valence-corrected chi connectivity index (χ0v) is 15.6. The van der Waals surface area contributed by atoms with Crippen molar-refractivity contribution >= 4 is 23.1 Å². The van der Waals surface area contributed by atoms with E-state index in [1.54, 1.807) is 74.0 Å². The Morgan fingerprint density at radius 2 is 1.83 bits per heavy atom. The predicted molar refractivity (Wildman–Crippen MR) is 108 cm³/mol. The number of pyridine rings is 1. The first kappa shape index (κ1) is 18.4. The van der Waals surface area contributed by atoms with E-state index in [1.807, 2.05) is 6.07 Å². The van der Waals surface area contributed by atoms with Gasteiger partial charge in [0.05, 0.1) is 30.6 Å². The van der Waals surface area contributed by atoms with Crippen LogP contribution in [0.5, 0.6) is 5.75 Å². The third-order valence-corrected chi connectivity index (χ3v) is 4.83. The number of rotatable bonds is 4. The van der Waals surface area contributed by atoms with Crippen LogP contribution >= 0.6 is 0 Å². The summed E-state index contributed by atoms with van der Waals surface area (Å²) in [6.45, 7) is 0. The number of anilines is 1. The van der Waals surface area contributed by atoms with Crippen molar-refractivity contribution in [1.82, 2.24) is 4.98 Å². The number of amides is 1. The Hall–Kier alpha value is -3.93. The van der Waals surface area contributed by atoms with Crippen molar-refractivity contribution in [3.63, 3.8) is 0 Å². The molecule has 0 unspecified atom stereocenters. The van der Waals surface area contributed by atoms with Gasteiger partial charge in [0.25, 0.3) is 11.7 Å². The molecule has 6 nitrogen and oxygen atoms in total. The molecule has 4 rings (SSSR count). The first-order valence-electron chi connectivity index (χ1n) is 9.02. The summed E-state index contributed by atoms with van der Waals surface area (Å²) in [5, 5.41) is 11.0. The van der Waals surface area contributed by atoms with Gasteiger partial charge in [-0.3, -0.25) is 19.5 Å². The first-order chi connectivity index (χ1) is 14.1. The maximum atomic E-state index is 13.0. The van der Waals surface area contributed by atoms with Crippen LogP contribution in [0.25, 0.3) is 5.76 Å². The lowest BCUT2D eigenvalue weighted by molar-refractivity contribution is -0.132. The quantitative estimate of drug-likeness (QED) is 0.420. The number of ether oxygens (including phenoxy) is 1. The minimum atomic E-state index is -0.811. The third kappa shape index (κ3) is 3.25. The largest absolute Gasteiger partial charge is 0.507 e. The Bertz CT molecular complexity index is 1090. The molecule has 0 spiro atoms. The van der Waals surface area contributed by atoms with Crippen LogP contribution in [0.1, 0.15) is 17.2 Å². The lowest BCUT2D eigenvalue weighted by atomic mass is 9.95. The fourth-order valence-corrected chi connectivity index (χ4v) is 3.47. The van der Waals surface area contributed by atoms with Gasteiger partial charge in [0.1, 0.15) is 11.5 Å². The maximum Gasteiger partial charge on any atom is 0.300 e.